The van der Waals surface area contributed by atoms with E-state index in [1.165, 1.54) is 0 Å². The van der Waals surface area contributed by atoms with Crippen LogP contribution in [0.3, 0.4) is 0 Å². The monoisotopic (exact) mass is 370 g/mol. The summed E-state index contributed by atoms with van der Waals surface area (Å²) in [6, 6.07) is 22.4. The number of benzene rings is 2. The summed E-state index contributed by atoms with van der Waals surface area (Å²) >= 11 is 0. The number of hydrogen-bond donors (Lipinski definition) is 2. The fourth-order valence-corrected chi connectivity index (χ4v) is 2.74. The average molecular weight is 370 g/mol. The zero-order valence-corrected chi connectivity index (χ0v) is 15.2. The van der Waals surface area contributed by atoms with E-state index in [0.717, 1.165) is 17.1 Å². The normalized spacial score (nSPS) is 10.5. The predicted octanol–water partition coefficient (Wildman–Crippen LogP) is 3.97. The Morgan fingerprint density at radius 2 is 1.61 bits per heavy atom. The molecule has 0 unspecified atom stereocenters. The maximum Gasteiger partial charge on any atom is 0.276 e. The molecule has 2 aromatic carbocycles. The number of nitrogens with one attached hydrogen (secondary N) is 2. The van der Waals surface area contributed by atoms with Crippen LogP contribution in [-0.2, 0) is 0 Å². The lowest BCUT2D eigenvalue weighted by molar-refractivity contribution is 0.102. The molecule has 2 aromatic heterocycles. The van der Waals surface area contributed by atoms with Gasteiger partial charge in [0.15, 0.2) is 11.5 Å². The molecule has 4 rings (SSSR count). The molecule has 0 saturated carbocycles. The van der Waals surface area contributed by atoms with Crippen molar-refractivity contribution in [2.45, 2.75) is 6.92 Å². The lowest BCUT2D eigenvalue weighted by Crippen LogP contribution is -2.14. The minimum atomic E-state index is -0.307. The van der Waals surface area contributed by atoms with Crippen molar-refractivity contribution in [1.29, 1.82) is 0 Å². The SMILES string of the molecule is Cc1c(Nc2ccc(C(=O)Nc3ccccc3)nn2)cnn1-c1ccccc1. The van der Waals surface area contributed by atoms with Crippen LogP contribution in [0.15, 0.2) is 79.0 Å². The van der Waals surface area contributed by atoms with Gasteiger partial charge in [-0.25, -0.2) is 4.68 Å². The first-order valence-electron chi connectivity index (χ1n) is 8.78. The molecule has 0 radical (unpaired) electrons. The van der Waals surface area contributed by atoms with Crippen LogP contribution in [0.4, 0.5) is 17.2 Å². The highest BCUT2D eigenvalue weighted by Gasteiger charge is 2.11. The lowest BCUT2D eigenvalue weighted by atomic mass is 10.3. The number of aromatic nitrogens is 4. The average Bonchev–Trinajstić information content (AvgIpc) is 3.10. The summed E-state index contributed by atoms with van der Waals surface area (Å²) in [4.78, 5) is 12.3. The van der Waals surface area contributed by atoms with Crippen molar-refractivity contribution in [1.82, 2.24) is 20.0 Å². The molecule has 2 N–H and O–H groups in total. The molecule has 0 fully saturated rings. The zero-order valence-electron chi connectivity index (χ0n) is 15.2. The van der Waals surface area contributed by atoms with Crippen molar-refractivity contribution in [2.24, 2.45) is 0 Å². The fraction of sp³-hybridized carbons (Fsp3) is 0.0476. The largest absolute Gasteiger partial charge is 0.336 e. The van der Waals surface area contributed by atoms with Crippen molar-refractivity contribution >= 4 is 23.1 Å². The highest BCUT2D eigenvalue weighted by atomic mass is 16.1. The van der Waals surface area contributed by atoms with Crippen LogP contribution in [0.25, 0.3) is 5.69 Å². The first kappa shape index (κ1) is 17.4. The number of nitrogens with zero attached hydrogens (tertiary/aromatic N) is 4. The van der Waals surface area contributed by atoms with Gasteiger partial charge in [-0.05, 0) is 43.3 Å². The Hall–Kier alpha value is -4.00. The summed E-state index contributed by atoms with van der Waals surface area (Å²) in [5.74, 6) is 0.227. The second-order valence-electron chi connectivity index (χ2n) is 6.14. The Balaban J connectivity index is 1.47. The van der Waals surface area contributed by atoms with Gasteiger partial charge in [-0.15, -0.1) is 10.2 Å². The van der Waals surface area contributed by atoms with Gasteiger partial charge in [-0.2, -0.15) is 5.10 Å². The maximum atomic E-state index is 12.3. The van der Waals surface area contributed by atoms with Crippen molar-refractivity contribution in [3.63, 3.8) is 0 Å². The first-order valence-corrected chi connectivity index (χ1v) is 8.78. The molecule has 28 heavy (non-hydrogen) atoms. The maximum absolute atomic E-state index is 12.3. The van der Waals surface area contributed by atoms with Gasteiger partial charge in [0.25, 0.3) is 5.91 Å². The number of rotatable bonds is 5. The van der Waals surface area contributed by atoms with Crippen molar-refractivity contribution in [3.05, 3.63) is 90.4 Å². The number of carbonyl (C=O) groups excluding carboxylic acids is 1. The van der Waals surface area contributed by atoms with Crippen LogP contribution < -0.4 is 10.6 Å². The molecule has 4 aromatic rings. The van der Waals surface area contributed by atoms with Crippen LogP contribution in [0.2, 0.25) is 0 Å². The third-order valence-electron chi connectivity index (χ3n) is 4.20. The minimum absolute atomic E-state index is 0.242. The van der Waals surface area contributed by atoms with E-state index in [2.05, 4.69) is 25.9 Å². The zero-order chi connectivity index (χ0) is 19.3. The topological polar surface area (TPSA) is 84.7 Å². The van der Waals surface area contributed by atoms with E-state index in [9.17, 15) is 4.79 Å². The second kappa shape index (κ2) is 7.71. The summed E-state index contributed by atoms with van der Waals surface area (Å²) in [7, 11) is 0. The smallest absolute Gasteiger partial charge is 0.276 e. The van der Waals surface area contributed by atoms with Crippen LogP contribution in [0.5, 0.6) is 0 Å². The van der Waals surface area contributed by atoms with Gasteiger partial charge in [-0.1, -0.05) is 36.4 Å². The standard InChI is InChI=1S/C21H18N6O/c1-15-19(14-22-27(15)17-10-6-3-7-11-17)24-20-13-12-18(25-26-20)21(28)23-16-8-4-2-5-9-16/h2-14H,1H3,(H,23,28)(H,24,26). The molecule has 2 heterocycles. The van der Waals surface area contributed by atoms with Gasteiger partial charge in [0.05, 0.1) is 23.3 Å². The molecule has 0 aliphatic rings. The van der Waals surface area contributed by atoms with Gasteiger partial charge < -0.3 is 10.6 Å². The number of amides is 1. The molecular weight excluding hydrogens is 352 g/mol. The molecule has 0 spiro atoms. The summed E-state index contributed by atoms with van der Waals surface area (Å²) in [6.07, 6.45) is 1.74. The van der Waals surface area contributed by atoms with Gasteiger partial charge in [0.1, 0.15) is 0 Å². The lowest BCUT2D eigenvalue weighted by Gasteiger charge is -2.07. The first-order chi connectivity index (χ1) is 13.7. The second-order valence-corrected chi connectivity index (χ2v) is 6.14. The van der Waals surface area contributed by atoms with Crippen molar-refractivity contribution < 1.29 is 4.79 Å². The summed E-state index contributed by atoms with van der Waals surface area (Å²) < 4.78 is 1.84. The molecule has 7 nitrogen and oxygen atoms in total. The molecule has 7 heteroatoms. The van der Waals surface area contributed by atoms with Gasteiger partial charge in [0, 0.05) is 5.69 Å². The van der Waals surface area contributed by atoms with Crippen LogP contribution >= 0.6 is 0 Å². The highest BCUT2D eigenvalue weighted by Crippen LogP contribution is 2.21. The van der Waals surface area contributed by atoms with E-state index in [4.69, 9.17) is 0 Å². The van der Waals surface area contributed by atoms with Crippen molar-refractivity contribution in [2.75, 3.05) is 10.6 Å². The van der Waals surface area contributed by atoms with E-state index in [-0.39, 0.29) is 11.6 Å². The van der Waals surface area contributed by atoms with Gasteiger partial charge in [0.2, 0.25) is 0 Å². The number of hydrogen-bond acceptors (Lipinski definition) is 5. The molecule has 138 valence electrons. The van der Waals surface area contributed by atoms with Crippen LogP contribution in [0, 0.1) is 6.92 Å². The van der Waals surface area contributed by atoms with Crippen LogP contribution in [-0.4, -0.2) is 25.9 Å². The Morgan fingerprint density at radius 1 is 0.893 bits per heavy atom. The van der Waals surface area contributed by atoms with Gasteiger partial charge >= 0.3 is 0 Å². The molecular formula is C21H18N6O. The quantitative estimate of drug-likeness (QED) is 0.555. The molecule has 0 bridgehead atoms. The Labute approximate surface area is 162 Å². The molecule has 0 saturated heterocycles. The number of carbonyl (C=O) groups is 1. The van der Waals surface area contributed by atoms with E-state index in [0.29, 0.717) is 11.5 Å². The molecule has 0 atom stereocenters. The Kier molecular flexibility index (Phi) is 4.79. The fourth-order valence-electron chi connectivity index (χ4n) is 2.74. The van der Waals surface area contributed by atoms with E-state index < -0.39 is 0 Å². The summed E-state index contributed by atoms with van der Waals surface area (Å²) in [5, 5.41) is 18.5. The van der Waals surface area contributed by atoms with Crippen molar-refractivity contribution in [3.8, 4) is 5.69 Å². The number of anilines is 3. The molecule has 1 amide bonds. The number of para-hydroxylation sites is 2. The predicted molar refractivity (Wildman–Crippen MR) is 108 cm³/mol. The van der Waals surface area contributed by atoms with E-state index >= 15 is 0 Å². The summed E-state index contributed by atoms with van der Waals surface area (Å²) in [5.41, 5.74) is 3.69. The molecule has 0 aliphatic carbocycles. The van der Waals surface area contributed by atoms with Gasteiger partial charge in [-0.3, -0.25) is 4.79 Å². The summed E-state index contributed by atoms with van der Waals surface area (Å²) in [6.45, 7) is 1.97. The van der Waals surface area contributed by atoms with E-state index in [1.54, 1.807) is 18.3 Å². The minimum Gasteiger partial charge on any atom is -0.336 e. The van der Waals surface area contributed by atoms with Crippen LogP contribution in [0.1, 0.15) is 16.2 Å². The highest BCUT2D eigenvalue weighted by molar-refractivity contribution is 6.02. The third kappa shape index (κ3) is 3.73. The Bertz CT molecular complexity index is 1080. The molecule has 0 aliphatic heterocycles. The Morgan fingerprint density at radius 3 is 2.29 bits per heavy atom. The van der Waals surface area contributed by atoms with E-state index in [1.807, 2.05) is 72.3 Å². The third-order valence-corrected chi connectivity index (χ3v) is 4.20.